The summed E-state index contributed by atoms with van der Waals surface area (Å²) in [5.74, 6) is -0.473. The molecule has 6 heteroatoms. The van der Waals surface area contributed by atoms with E-state index in [2.05, 4.69) is 15.4 Å². The number of aryl methyl sites for hydroxylation is 2. The molecule has 1 heterocycles. The predicted molar refractivity (Wildman–Crippen MR) is 88.4 cm³/mol. The van der Waals surface area contributed by atoms with Gasteiger partial charge in [-0.15, -0.1) is 0 Å². The van der Waals surface area contributed by atoms with Crippen molar-refractivity contribution in [3.05, 3.63) is 77.1 Å². The molecule has 3 aromatic rings. The van der Waals surface area contributed by atoms with Gasteiger partial charge >= 0.3 is 0 Å². The van der Waals surface area contributed by atoms with Gasteiger partial charge in [-0.1, -0.05) is 12.1 Å². The molecule has 24 heavy (non-hydrogen) atoms. The van der Waals surface area contributed by atoms with E-state index in [1.807, 2.05) is 13.0 Å². The maximum atomic E-state index is 13.5. The van der Waals surface area contributed by atoms with Crippen molar-refractivity contribution < 1.29 is 9.18 Å². The Kier molecular flexibility index (Phi) is 4.37. The Labute approximate surface area is 139 Å². The average Bonchev–Trinajstić information content (AvgIpc) is 3.09. The molecule has 122 valence electrons. The molecule has 0 atom stereocenters. The number of carbonyl (C=O) groups is 1. The minimum absolute atomic E-state index is 0.204. The van der Waals surface area contributed by atoms with Crippen molar-refractivity contribution in [3.8, 4) is 5.69 Å². The largest absolute Gasteiger partial charge is 0.348 e. The molecule has 3 rings (SSSR count). The van der Waals surface area contributed by atoms with Crippen LogP contribution in [0.4, 0.5) is 4.39 Å². The number of nitrogens with zero attached hydrogens (tertiary/aromatic N) is 3. The lowest BCUT2D eigenvalue weighted by Crippen LogP contribution is -2.23. The van der Waals surface area contributed by atoms with Crippen LogP contribution in [0.2, 0.25) is 0 Å². The number of carbonyl (C=O) groups excluding carboxylic acids is 1. The summed E-state index contributed by atoms with van der Waals surface area (Å²) in [6.07, 6.45) is 3.06. The van der Waals surface area contributed by atoms with Crippen LogP contribution in [0.5, 0.6) is 0 Å². The van der Waals surface area contributed by atoms with Gasteiger partial charge in [0.1, 0.15) is 18.5 Å². The lowest BCUT2D eigenvalue weighted by Gasteiger charge is -2.09. The molecule has 1 N–H and O–H groups in total. The van der Waals surface area contributed by atoms with Gasteiger partial charge in [-0.05, 0) is 54.8 Å². The van der Waals surface area contributed by atoms with Gasteiger partial charge in [-0.25, -0.2) is 14.1 Å². The van der Waals surface area contributed by atoms with E-state index in [1.54, 1.807) is 42.2 Å². The van der Waals surface area contributed by atoms with Gasteiger partial charge in [0.05, 0.1) is 5.69 Å². The molecule has 1 aromatic heterocycles. The second kappa shape index (κ2) is 6.62. The van der Waals surface area contributed by atoms with Crippen molar-refractivity contribution in [1.29, 1.82) is 0 Å². The predicted octanol–water partition coefficient (Wildman–Crippen LogP) is 2.95. The lowest BCUT2D eigenvalue weighted by molar-refractivity contribution is 0.0951. The number of hydrogen-bond donors (Lipinski definition) is 1. The molecule has 2 aromatic carbocycles. The van der Waals surface area contributed by atoms with Crippen LogP contribution in [0.1, 0.15) is 27.0 Å². The molecule has 0 aliphatic heterocycles. The normalized spacial score (nSPS) is 10.6. The van der Waals surface area contributed by atoms with E-state index in [0.717, 1.165) is 16.8 Å². The Balaban J connectivity index is 1.71. The first-order chi connectivity index (χ1) is 11.5. The second-order valence-corrected chi connectivity index (χ2v) is 5.61. The van der Waals surface area contributed by atoms with Crippen LogP contribution in [-0.4, -0.2) is 20.7 Å². The molecule has 0 radical (unpaired) electrons. The summed E-state index contributed by atoms with van der Waals surface area (Å²) in [5, 5.41) is 6.89. The minimum atomic E-state index is -0.269. The highest BCUT2D eigenvalue weighted by Gasteiger charge is 2.09. The summed E-state index contributed by atoms with van der Waals surface area (Å²) in [6.45, 7) is 3.89. The number of rotatable bonds is 4. The third-order valence-electron chi connectivity index (χ3n) is 3.81. The minimum Gasteiger partial charge on any atom is -0.348 e. The van der Waals surface area contributed by atoms with E-state index < -0.39 is 0 Å². The molecule has 5 nitrogen and oxygen atoms in total. The van der Waals surface area contributed by atoms with Crippen molar-refractivity contribution in [1.82, 2.24) is 20.1 Å². The molecule has 0 fully saturated rings. The van der Waals surface area contributed by atoms with Crippen LogP contribution < -0.4 is 5.32 Å². The second-order valence-electron chi connectivity index (χ2n) is 5.61. The summed E-state index contributed by atoms with van der Waals surface area (Å²) in [5.41, 5.74) is 3.63. The van der Waals surface area contributed by atoms with E-state index in [0.29, 0.717) is 11.1 Å². The van der Waals surface area contributed by atoms with E-state index in [-0.39, 0.29) is 18.3 Å². The Hall–Kier alpha value is -3.02. The van der Waals surface area contributed by atoms with E-state index in [4.69, 9.17) is 0 Å². The number of aromatic nitrogens is 3. The molecule has 1 amide bonds. The van der Waals surface area contributed by atoms with E-state index in [9.17, 15) is 9.18 Å². The maximum Gasteiger partial charge on any atom is 0.251 e. The zero-order chi connectivity index (χ0) is 17.1. The Morgan fingerprint density at radius 3 is 2.67 bits per heavy atom. The van der Waals surface area contributed by atoms with Gasteiger partial charge < -0.3 is 5.32 Å². The summed E-state index contributed by atoms with van der Waals surface area (Å²) in [6, 6.07) is 10.3. The molecular formula is C18H17FN4O. The van der Waals surface area contributed by atoms with Gasteiger partial charge in [-0.2, -0.15) is 5.10 Å². The first-order valence-corrected chi connectivity index (χ1v) is 7.53. The van der Waals surface area contributed by atoms with Gasteiger partial charge in [0.25, 0.3) is 5.91 Å². The van der Waals surface area contributed by atoms with Crippen molar-refractivity contribution in [2.24, 2.45) is 0 Å². The fraction of sp³-hybridized carbons (Fsp3) is 0.167. The molecule has 0 aliphatic carbocycles. The fourth-order valence-corrected chi connectivity index (χ4v) is 2.42. The van der Waals surface area contributed by atoms with Crippen molar-refractivity contribution in [2.45, 2.75) is 20.4 Å². The van der Waals surface area contributed by atoms with Gasteiger partial charge in [0, 0.05) is 12.1 Å². The van der Waals surface area contributed by atoms with Crippen LogP contribution in [-0.2, 0) is 6.54 Å². The molecule has 0 unspecified atom stereocenters. The van der Waals surface area contributed by atoms with Gasteiger partial charge in [0.2, 0.25) is 0 Å². The summed E-state index contributed by atoms with van der Waals surface area (Å²) < 4.78 is 15.2. The van der Waals surface area contributed by atoms with Crippen LogP contribution in [0, 0.1) is 19.7 Å². The Bertz CT molecular complexity index is 875. The zero-order valence-corrected chi connectivity index (χ0v) is 13.5. The highest BCUT2D eigenvalue weighted by molar-refractivity contribution is 5.94. The Morgan fingerprint density at radius 1 is 1.17 bits per heavy atom. The SMILES string of the molecule is Cc1ccc(CNC(=O)c2ccc(-n3cncn3)c(C)c2)cc1F. The molecular weight excluding hydrogens is 307 g/mol. The number of amides is 1. The topological polar surface area (TPSA) is 59.8 Å². The third-order valence-corrected chi connectivity index (χ3v) is 3.81. The van der Waals surface area contributed by atoms with Crippen molar-refractivity contribution in [2.75, 3.05) is 0 Å². The fourth-order valence-electron chi connectivity index (χ4n) is 2.42. The number of benzene rings is 2. The summed E-state index contributed by atoms with van der Waals surface area (Å²) >= 11 is 0. The number of nitrogens with one attached hydrogen (secondary N) is 1. The maximum absolute atomic E-state index is 13.5. The molecule has 0 bridgehead atoms. The van der Waals surface area contributed by atoms with Crippen LogP contribution in [0.25, 0.3) is 5.69 Å². The summed E-state index contributed by atoms with van der Waals surface area (Å²) in [7, 11) is 0. The van der Waals surface area contributed by atoms with E-state index in [1.165, 1.54) is 12.4 Å². The van der Waals surface area contributed by atoms with Crippen LogP contribution >= 0.6 is 0 Å². The molecule has 0 saturated heterocycles. The highest BCUT2D eigenvalue weighted by atomic mass is 19.1. The lowest BCUT2D eigenvalue weighted by atomic mass is 10.1. The molecule has 0 saturated carbocycles. The quantitative estimate of drug-likeness (QED) is 0.803. The smallest absolute Gasteiger partial charge is 0.251 e. The zero-order valence-electron chi connectivity index (χ0n) is 13.5. The van der Waals surface area contributed by atoms with Crippen LogP contribution in [0.3, 0.4) is 0 Å². The molecule has 0 spiro atoms. The van der Waals surface area contributed by atoms with Gasteiger partial charge in [0.15, 0.2) is 0 Å². The van der Waals surface area contributed by atoms with Crippen molar-refractivity contribution in [3.63, 3.8) is 0 Å². The standard InChI is InChI=1S/C18H17FN4O/c1-12-3-4-14(8-16(12)19)9-21-18(24)15-5-6-17(13(2)7-15)23-11-20-10-22-23/h3-8,10-11H,9H2,1-2H3,(H,21,24). The van der Waals surface area contributed by atoms with Gasteiger partial charge in [-0.3, -0.25) is 4.79 Å². The van der Waals surface area contributed by atoms with Crippen molar-refractivity contribution >= 4 is 5.91 Å². The van der Waals surface area contributed by atoms with E-state index >= 15 is 0 Å². The van der Waals surface area contributed by atoms with Crippen LogP contribution in [0.15, 0.2) is 49.1 Å². The number of hydrogen-bond acceptors (Lipinski definition) is 3. The monoisotopic (exact) mass is 324 g/mol. The summed E-state index contributed by atoms with van der Waals surface area (Å²) in [4.78, 5) is 16.2. The third kappa shape index (κ3) is 3.32. The first kappa shape index (κ1) is 15.9. The average molecular weight is 324 g/mol. The number of halogens is 1. The Morgan fingerprint density at radius 2 is 2.00 bits per heavy atom. The first-order valence-electron chi connectivity index (χ1n) is 7.53. The highest BCUT2D eigenvalue weighted by Crippen LogP contribution is 2.15. The molecule has 0 aliphatic rings.